The van der Waals surface area contributed by atoms with Crippen LogP contribution in [0.25, 0.3) is 0 Å². The van der Waals surface area contributed by atoms with Gasteiger partial charge in [-0.25, -0.2) is 0 Å². The van der Waals surface area contributed by atoms with Gasteiger partial charge in [0.1, 0.15) is 0 Å². The zero-order valence-corrected chi connectivity index (χ0v) is 8.12. The molecule has 0 bridgehead atoms. The molecule has 64 valence electrons. The van der Waals surface area contributed by atoms with Crippen molar-refractivity contribution >= 4 is 17.7 Å². The summed E-state index contributed by atoms with van der Waals surface area (Å²) in [4.78, 5) is 10.7. The number of amides is 1. The van der Waals surface area contributed by atoms with E-state index < -0.39 is 0 Å². The highest BCUT2D eigenvalue weighted by molar-refractivity contribution is 8.00. The molecule has 0 unspecified atom stereocenters. The molecule has 0 fully saturated rings. The molecule has 1 amide bonds. The van der Waals surface area contributed by atoms with Gasteiger partial charge in [-0.1, -0.05) is 27.4 Å². The van der Waals surface area contributed by atoms with E-state index in [-0.39, 0.29) is 10.7 Å². The molecule has 0 atom stereocenters. The largest absolute Gasteiger partial charge is 0.344 e. The molecule has 0 heterocycles. The first-order valence-electron chi connectivity index (χ1n) is 3.50. The Kier molecular flexibility index (Phi) is 4.26. The van der Waals surface area contributed by atoms with Crippen molar-refractivity contribution in [1.82, 2.24) is 5.32 Å². The number of hydrogen-bond acceptors (Lipinski definition) is 2. The average molecular weight is 173 g/mol. The van der Waals surface area contributed by atoms with Gasteiger partial charge in [-0.3, -0.25) is 4.79 Å². The zero-order valence-electron chi connectivity index (χ0n) is 7.31. The lowest BCUT2D eigenvalue weighted by molar-refractivity contribution is -0.116. The molecule has 0 saturated carbocycles. The van der Waals surface area contributed by atoms with E-state index in [2.05, 4.69) is 32.7 Å². The van der Waals surface area contributed by atoms with Crippen LogP contribution in [0.1, 0.15) is 20.8 Å². The summed E-state index contributed by atoms with van der Waals surface area (Å²) < 4.78 is 0.203. The van der Waals surface area contributed by atoms with Crippen molar-refractivity contribution in [2.45, 2.75) is 25.5 Å². The minimum atomic E-state index is -0.109. The third-order valence-corrected chi connectivity index (χ3v) is 2.09. The van der Waals surface area contributed by atoms with Crippen LogP contribution in [0.15, 0.2) is 12.7 Å². The monoisotopic (exact) mass is 173 g/mol. The maximum Gasteiger partial charge on any atom is 0.244 e. The molecular formula is C8H15NOS. The van der Waals surface area contributed by atoms with E-state index >= 15 is 0 Å². The maximum atomic E-state index is 10.7. The highest BCUT2D eigenvalue weighted by atomic mass is 32.2. The lowest BCUT2D eigenvalue weighted by Crippen LogP contribution is -2.23. The Morgan fingerprint density at radius 2 is 2.18 bits per heavy atom. The standard InChI is InChI=1S/C8H15NOS/c1-5-7(10)9-6-11-8(2,3)4/h5H,1,6H2,2-4H3,(H,9,10). The van der Waals surface area contributed by atoms with Gasteiger partial charge in [0.15, 0.2) is 0 Å². The van der Waals surface area contributed by atoms with E-state index in [1.807, 2.05) is 0 Å². The minimum Gasteiger partial charge on any atom is -0.344 e. The molecule has 1 N–H and O–H groups in total. The van der Waals surface area contributed by atoms with E-state index in [9.17, 15) is 4.79 Å². The van der Waals surface area contributed by atoms with Gasteiger partial charge in [-0.2, -0.15) is 0 Å². The molecule has 0 saturated heterocycles. The Morgan fingerprint density at radius 1 is 1.64 bits per heavy atom. The molecule has 0 radical (unpaired) electrons. The normalized spacial score (nSPS) is 10.8. The van der Waals surface area contributed by atoms with Crippen LogP contribution in [-0.4, -0.2) is 16.5 Å². The summed E-state index contributed by atoms with van der Waals surface area (Å²) in [6, 6.07) is 0. The van der Waals surface area contributed by atoms with E-state index in [4.69, 9.17) is 0 Å². The predicted octanol–water partition coefficient (Wildman–Crippen LogP) is 1.78. The molecule has 0 rings (SSSR count). The number of rotatable bonds is 3. The van der Waals surface area contributed by atoms with Crippen LogP contribution in [0.2, 0.25) is 0 Å². The quantitative estimate of drug-likeness (QED) is 0.520. The van der Waals surface area contributed by atoms with Gasteiger partial charge in [-0.15, -0.1) is 11.8 Å². The van der Waals surface area contributed by atoms with Gasteiger partial charge in [0.05, 0.1) is 5.88 Å². The van der Waals surface area contributed by atoms with Crippen LogP contribution in [0.4, 0.5) is 0 Å². The van der Waals surface area contributed by atoms with Gasteiger partial charge in [0.25, 0.3) is 0 Å². The van der Waals surface area contributed by atoms with Crippen LogP contribution in [0.3, 0.4) is 0 Å². The molecule has 0 aliphatic rings. The van der Waals surface area contributed by atoms with Gasteiger partial charge < -0.3 is 5.32 Å². The van der Waals surface area contributed by atoms with Crippen molar-refractivity contribution in [1.29, 1.82) is 0 Å². The van der Waals surface area contributed by atoms with Gasteiger partial charge >= 0.3 is 0 Å². The third-order valence-electron chi connectivity index (χ3n) is 0.937. The van der Waals surface area contributed by atoms with E-state index in [0.29, 0.717) is 5.88 Å². The first kappa shape index (κ1) is 10.6. The molecule has 2 nitrogen and oxygen atoms in total. The fraction of sp³-hybridized carbons (Fsp3) is 0.625. The summed E-state index contributed by atoms with van der Waals surface area (Å²) >= 11 is 1.70. The number of hydrogen-bond donors (Lipinski definition) is 1. The maximum absolute atomic E-state index is 10.7. The van der Waals surface area contributed by atoms with Gasteiger partial charge in [-0.05, 0) is 6.08 Å². The van der Waals surface area contributed by atoms with Crippen LogP contribution < -0.4 is 5.32 Å². The molecule has 0 aromatic carbocycles. The molecule has 11 heavy (non-hydrogen) atoms. The van der Waals surface area contributed by atoms with E-state index in [1.54, 1.807) is 11.8 Å². The molecule has 0 aromatic rings. The summed E-state index contributed by atoms with van der Waals surface area (Å²) in [5.41, 5.74) is 0. The SMILES string of the molecule is C=CC(=O)NCSC(C)(C)C. The Morgan fingerprint density at radius 3 is 2.55 bits per heavy atom. The van der Waals surface area contributed by atoms with Crippen molar-refractivity contribution in [3.63, 3.8) is 0 Å². The number of carbonyl (C=O) groups excluding carboxylic acids is 1. The van der Waals surface area contributed by atoms with E-state index in [1.165, 1.54) is 6.08 Å². The van der Waals surface area contributed by atoms with Crippen molar-refractivity contribution < 1.29 is 4.79 Å². The second-order valence-electron chi connectivity index (χ2n) is 3.15. The lowest BCUT2D eigenvalue weighted by atomic mass is 10.3. The smallest absolute Gasteiger partial charge is 0.244 e. The van der Waals surface area contributed by atoms with E-state index in [0.717, 1.165) is 0 Å². The summed E-state index contributed by atoms with van der Waals surface area (Å²) in [6.45, 7) is 9.68. The summed E-state index contributed by atoms with van der Waals surface area (Å²) in [5, 5.41) is 2.69. The van der Waals surface area contributed by atoms with Crippen molar-refractivity contribution in [2.75, 3.05) is 5.88 Å². The Bertz CT molecular complexity index is 149. The lowest BCUT2D eigenvalue weighted by Gasteiger charge is -2.17. The topological polar surface area (TPSA) is 29.1 Å². The fourth-order valence-corrected chi connectivity index (χ4v) is 1.04. The summed E-state index contributed by atoms with van der Waals surface area (Å²) in [7, 11) is 0. The molecular weight excluding hydrogens is 158 g/mol. The van der Waals surface area contributed by atoms with Crippen LogP contribution in [-0.2, 0) is 4.79 Å². The van der Waals surface area contributed by atoms with Gasteiger partial charge in [0, 0.05) is 4.75 Å². The Labute approximate surface area is 72.4 Å². The van der Waals surface area contributed by atoms with Crippen LogP contribution in [0.5, 0.6) is 0 Å². The predicted molar refractivity (Wildman–Crippen MR) is 50.6 cm³/mol. The summed E-state index contributed by atoms with van der Waals surface area (Å²) in [6.07, 6.45) is 1.28. The number of carbonyl (C=O) groups is 1. The molecule has 0 aromatic heterocycles. The Balaban J connectivity index is 3.42. The van der Waals surface area contributed by atoms with Crippen molar-refractivity contribution in [3.05, 3.63) is 12.7 Å². The molecule has 3 heteroatoms. The van der Waals surface area contributed by atoms with Crippen molar-refractivity contribution in [3.8, 4) is 0 Å². The highest BCUT2D eigenvalue weighted by Crippen LogP contribution is 2.21. The zero-order chi connectivity index (χ0) is 8.91. The Hall–Kier alpha value is -0.440. The average Bonchev–Trinajstić information content (AvgIpc) is 1.85. The van der Waals surface area contributed by atoms with Crippen LogP contribution in [0, 0.1) is 0 Å². The first-order valence-corrected chi connectivity index (χ1v) is 4.48. The van der Waals surface area contributed by atoms with Crippen molar-refractivity contribution in [2.24, 2.45) is 0 Å². The second kappa shape index (κ2) is 4.44. The molecule has 0 aliphatic heterocycles. The van der Waals surface area contributed by atoms with Crippen LogP contribution >= 0.6 is 11.8 Å². The minimum absolute atomic E-state index is 0.109. The third kappa shape index (κ3) is 7.46. The van der Waals surface area contributed by atoms with Gasteiger partial charge in [0.2, 0.25) is 5.91 Å². The first-order chi connectivity index (χ1) is 4.95. The highest BCUT2D eigenvalue weighted by Gasteiger charge is 2.09. The number of thioether (sulfide) groups is 1. The number of nitrogens with one attached hydrogen (secondary N) is 1. The molecule has 0 spiro atoms. The summed E-state index contributed by atoms with van der Waals surface area (Å²) in [5.74, 6) is 0.538. The second-order valence-corrected chi connectivity index (χ2v) is 4.95. The fourth-order valence-electron chi connectivity index (χ4n) is 0.396. The molecule has 0 aliphatic carbocycles.